The molecule has 1 unspecified atom stereocenters. The molecular weight excluding hydrogens is 224 g/mol. The molecule has 0 fully saturated rings. The minimum atomic E-state index is 0.174. The quantitative estimate of drug-likeness (QED) is 0.887. The summed E-state index contributed by atoms with van der Waals surface area (Å²) in [4.78, 5) is 8.03. The zero-order valence-electron chi connectivity index (χ0n) is 10.2. The fraction of sp³-hybridized carbons (Fsp3) is 0.214. The highest BCUT2D eigenvalue weighted by Gasteiger charge is 2.05. The van der Waals surface area contributed by atoms with Gasteiger partial charge in [-0.3, -0.25) is 0 Å². The molecule has 0 spiro atoms. The third-order valence-corrected chi connectivity index (χ3v) is 2.75. The van der Waals surface area contributed by atoms with E-state index in [0.29, 0.717) is 12.1 Å². The van der Waals surface area contributed by atoms with E-state index in [-0.39, 0.29) is 6.04 Å². The molecule has 0 radical (unpaired) electrons. The van der Waals surface area contributed by atoms with Crippen molar-refractivity contribution in [3.8, 4) is 6.07 Å². The molecule has 4 nitrogen and oxygen atoms in total. The van der Waals surface area contributed by atoms with Gasteiger partial charge in [-0.05, 0) is 30.7 Å². The Labute approximate surface area is 106 Å². The summed E-state index contributed by atoms with van der Waals surface area (Å²) in [7, 11) is 0. The van der Waals surface area contributed by atoms with Crippen molar-refractivity contribution in [3.05, 3.63) is 59.7 Å². The van der Waals surface area contributed by atoms with Gasteiger partial charge < -0.3 is 5.32 Å². The van der Waals surface area contributed by atoms with Gasteiger partial charge in [0.05, 0.1) is 17.3 Å². The summed E-state index contributed by atoms with van der Waals surface area (Å²) in [5, 5.41) is 12.2. The Morgan fingerprint density at radius 3 is 3.00 bits per heavy atom. The molecule has 0 aliphatic heterocycles. The van der Waals surface area contributed by atoms with Crippen LogP contribution in [0.4, 0.5) is 0 Å². The summed E-state index contributed by atoms with van der Waals surface area (Å²) < 4.78 is 0. The molecule has 0 saturated carbocycles. The Kier molecular flexibility index (Phi) is 4.00. The van der Waals surface area contributed by atoms with Crippen molar-refractivity contribution in [1.82, 2.24) is 15.3 Å². The average Bonchev–Trinajstić information content (AvgIpc) is 2.46. The number of hydrogen-bond donors (Lipinski definition) is 1. The Morgan fingerprint density at radius 2 is 2.28 bits per heavy atom. The van der Waals surface area contributed by atoms with Gasteiger partial charge in [0.2, 0.25) is 0 Å². The Balaban J connectivity index is 1.99. The van der Waals surface area contributed by atoms with Gasteiger partial charge in [0, 0.05) is 18.8 Å². The Bertz CT molecular complexity index is 545. The molecule has 0 saturated heterocycles. The fourth-order valence-corrected chi connectivity index (χ4v) is 1.68. The second-order valence-corrected chi connectivity index (χ2v) is 4.04. The van der Waals surface area contributed by atoms with Crippen LogP contribution in [0.15, 0.2) is 42.9 Å². The molecule has 1 aromatic carbocycles. The van der Waals surface area contributed by atoms with Crippen molar-refractivity contribution in [3.63, 3.8) is 0 Å². The second-order valence-electron chi connectivity index (χ2n) is 4.04. The van der Waals surface area contributed by atoms with E-state index in [9.17, 15) is 0 Å². The van der Waals surface area contributed by atoms with Gasteiger partial charge in [-0.25, -0.2) is 9.97 Å². The van der Waals surface area contributed by atoms with E-state index in [0.717, 1.165) is 11.3 Å². The largest absolute Gasteiger partial charge is 0.305 e. The maximum atomic E-state index is 8.86. The van der Waals surface area contributed by atoms with Gasteiger partial charge in [-0.2, -0.15) is 5.26 Å². The lowest BCUT2D eigenvalue weighted by atomic mass is 10.1. The third kappa shape index (κ3) is 3.12. The van der Waals surface area contributed by atoms with Crippen LogP contribution >= 0.6 is 0 Å². The summed E-state index contributed by atoms with van der Waals surface area (Å²) in [5.41, 5.74) is 2.74. The molecule has 0 aliphatic carbocycles. The van der Waals surface area contributed by atoms with Crippen molar-refractivity contribution in [2.75, 3.05) is 0 Å². The van der Waals surface area contributed by atoms with Gasteiger partial charge in [0.15, 0.2) is 0 Å². The van der Waals surface area contributed by atoms with Gasteiger partial charge >= 0.3 is 0 Å². The standard InChI is InChI=1S/C14H14N4/c1-11(13-4-2-3-12(7-13)8-15)17-9-14-5-6-16-10-18-14/h2-7,10-11,17H,9H2,1H3. The predicted octanol–water partition coefficient (Wildman–Crippen LogP) is 2.20. The highest BCUT2D eigenvalue weighted by Crippen LogP contribution is 2.14. The van der Waals surface area contributed by atoms with Crippen LogP contribution in [0.2, 0.25) is 0 Å². The molecule has 1 aromatic heterocycles. The summed E-state index contributed by atoms with van der Waals surface area (Å²) in [6, 6.07) is 11.8. The molecule has 2 rings (SSSR count). The number of nitriles is 1. The second kappa shape index (κ2) is 5.89. The number of nitrogens with zero attached hydrogens (tertiary/aromatic N) is 3. The van der Waals surface area contributed by atoms with Crippen LogP contribution in [0.25, 0.3) is 0 Å². The molecule has 1 heterocycles. The van der Waals surface area contributed by atoms with Crippen LogP contribution in [0.5, 0.6) is 0 Å². The number of hydrogen-bond acceptors (Lipinski definition) is 4. The lowest BCUT2D eigenvalue weighted by Gasteiger charge is -2.14. The van der Waals surface area contributed by atoms with Crippen molar-refractivity contribution in [2.24, 2.45) is 0 Å². The Morgan fingerprint density at radius 1 is 1.39 bits per heavy atom. The van der Waals surface area contributed by atoms with Gasteiger partial charge in [-0.15, -0.1) is 0 Å². The van der Waals surface area contributed by atoms with Crippen LogP contribution in [0.1, 0.15) is 29.8 Å². The van der Waals surface area contributed by atoms with Gasteiger partial charge in [0.1, 0.15) is 6.33 Å². The van der Waals surface area contributed by atoms with Crippen LogP contribution < -0.4 is 5.32 Å². The van der Waals surface area contributed by atoms with Gasteiger partial charge in [0.25, 0.3) is 0 Å². The van der Waals surface area contributed by atoms with E-state index < -0.39 is 0 Å². The Hall–Kier alpha value is -2.25. The fourth-order valence-electron chi connectivity index (χ4n) is 1.68. The van der Waals surface area contributed by atoms with E-state index >= 15 is 0 Å². The predicted molar refractivity (Wildman–Crippen MR) is 68.4 cm³/mol. The third-order valence-electron chi connectivity index (χ3n) is 2.75. The van der Waals surface area contributed by atoms with Gasteiger partial charge in [-0.1, -0.05) is 12.1 Å². The monoisotopic (exact) mass is 238 g/mol. The first-order valence-electron chi connectivity index (χ1n) is 5.78. The summed E-state index contributed by atoms with van der Waals surface area (Å²) in [5.74, 6) is 0. The minimum absolute atomic E-state index is 0.174. The number of nitrogens with one attached hydrogen (secondary N) is 1. The molecule has 0 amide bonds. The number of benzene rings is 1. The van der Waals surface area contributed by atoms with E-state index in [2.05, 4.69) is 28.3 Å². The molecule has 1 N–H and O–H groups in total. The van der Waals surface area contributed by atoms with Crippen LogP contribution in [-0.4, -0.2) is 9.97 Å². The lowest BCUT2D eigenvalue weighted by molar-refractivity contribution is 0.567. The molecule has 90 valence electrons. The van der Waals surface area contributed by atoms with Crippen molar-refractivity contribution in [2.45, 2.75) is 19.5 Å². The zero-order valence-corrected chi connectivity index (χ0v) is 10.2. The van der Waals surface area contributed by atoms with E-state index in [1.165, 1.54) is 6.33 Å². The molecule has 1 atom stereocenters. The van der Waals surface area contributed by atoms with Crippen LogP contribution in [0.3, 0.4) is 0 Å². The topological polar surface area (TPSA) is 61.6 Å². The molecular formula is C14H14N4. The maximum absolute atomic E-state index is 8.86. The zero-order chi connectivity index (χ0) is 12.8. The van der Waals surface area contributed by atoms with E-state index in [1.54, 1.807) is 12.3 Å². The summed E-state index contributed by atoms with van der Waals surface area (Å²) in [6.45, 7) is 2.75. The summed E-state index contributed by atoms with van der Waals surface area (Å²) in [6.07, 6.45) is 3.27. The SMILES string of the molecule is CC(NCc1ccncn1)c1cccc(C#N)c1. The first-order chi connectivity index (χ1) is 8.79. The van der Waals surface area contributed by atoms with Crippen LogP contribution in [0, 0.1) is 11.3 Å². The van der Waals surface area contributed by atoms with E-state index in [1.807, 2.05) is 24.3 Å². The smallest absolute Gasteiger partial charge is 0.115 e. The number of aromatic nitrogens is 2. The highest BCUT2D eigenvalue weighted by molar-refractivity contribution is 5.34. The molecule has 0 bridgehead atoms. The minimum Gasteiger partial charge on any atom is -0.305 e. The van der Waals surface area contributed by atoms with Crippen molar-refractivity contribution in [1.29, 1.82) is 5.26 Å². The molecule has 18 heavy (non-hydrogen) atoms. The van der Waals surface area contributed by atoms with Crippen molar-refractivity contribution < 1.29 is 0 Å². The highest BCUT2D eigenvalue weighted by atomic mass is 14.9. The van der Waals surface area contributed by atoms with Crippen molar-refractivity contribution >= 4 is 0 Å². The molecule has 2 aromatic rings. The molecule has 0 aliphatic rings. The first kappa shape index (κ1) is 12.2. The first-order valence-corrected chi connectivity index (χ1v) is 5.78. The van der Waals surface area contributed by atoms with E-state index in [4.69, 9.17) is 5.26 Å². The maximum Gasteiger partial charge on any atom is 0.115 e. The normalized spacial score (nSPS) is 11.8. The number of rotatable bonds is 4. The average molecular weight is 238 g/mol. The van der Waals surface area contributed by atoms with Crippen LogP contribution in [-0.2, 0) is 6.54 Å². The lowest BCUT2D eigenvalue weighted by Crippen LogP contribution is -2.18. The molecule has 4 heteroatoms. The summed E-state index contributed by atoms with van der Waals surface area (Å²) >= 11 is 0.